The van der Waals surface area contributed by atoms with E-state index in [0.29, 0.717) is 0 Å². The van der Waals surface area contributed by atoms with Crippen LogP contribution in [0, 0.1) is 11.3 Å². The molecule has 1 N–H and O–H groups in total. The summed E-state index contributed by atoms with van der Waals surface area (Å²) in [7, 11) is 0. The van der Waals surface area contributed by atoms with E-state index in [9.17, 15) is 4.79 Å². The van der Waals surface area contributed by atoms with E-state index >= 15 is 0 Å². The third-order valence-corrected chi connectivity index (χ3v) is 2.18. The molecule has 0 radical (unpaired) electrons. The highest BCUT2D eigenvalue weighted by Gasteiger charge is 2.09. The molecule has 19 heavy (non-hydrogen) atoms. The van der Waals surface area contributed by atoms with Gasteiger partial charge in [0, 0.05) is 12.8 Å². The van der Waals surface area contributed by atoms with Crippen molar-refractivity contribution in [2.75, 3.05) is 6.61 Å². The van der Waals surface area contributed by atoms with Gasteiger partial charge >= 0.3 is 5.97 Å². The molecule has 0 amide bonds. The molecule has 0 aliphatic heterocycles. The minimum Gasteiger partial charge on any atom is -0.477 e. The van der Waals surface area contributed by atoms with Crippen molar-refractivity contribution >= 4 is 17.8 Å². The van der Waals surface area contributed by atoms with Crippen molar-refractivity contribution < 1.29 is 14.7 Å². The molecule has 0 bridgehead atoms. The van der Waals surface area contributed by atoms with Crippen LogP contribution in [0.4, 0.5) is 0 Å². The first-order valence-electron chi connectivity index (χ1n) is 5.74. The summed E-state index contributed by atoms with van der Waals surface area (Å²) in [6, 6.07) is 11.5. The van der Waals surface area contributed by atoms with E-state index < -0.39 is 5.97 Å². The van der Waals surface area contributed by atoms with Crippen molar-refractivity contribution in [1.82, 2.24) is 0 Å². The fourth-order valence-electron chi connectivity index (χ4n) is 1.27. The van der Waals surface area contributed by atoms with Crippen LogP contribution in [-0.4, -0.2) is 23.4 Å². The lowest BCUT2D eigenvalue weighted by molar-refractivity contribution is -0.129. The molecule has 1 rings (SSSR count). The molecular formula is C14H14N2O3. The lowest BCUT2D eigenvalue weighted by Crippen LogP contribution is -2.13. The third-order valence-electron chi connectivity index (χ3n) is 2.18. The molecule has 0 saturated heterocycles. The van der Waals surface area contributed by atoms with Gasteiger partial charge in [-0.15, -0.1) is 0 Å². The van der Waals surface area contributed by atoms with Crippen LogP contribution >= 0.6 is 0 Å². The molecule has 0 aromatic heterocycles. The monoisotopic (exact) mass is 258 g/mol. The van der Waals surface area contributed by atoms with E-state index in [1.165, 1.54) is 0 Å². The predicted octanol–water partition coefficient (Wildman–Crippen LogP) is 2.46. The maximum absolute atomic E-state index is 10.8. The molecular weight excluding hydrogens is 244 g/mol. The average molecular weight is 258 g/mol. The minimum absolute atomic E-state index is 0.0776. The Morgan fingerprint density at radius 1 is 1.42 bits per heavy atom. The molecule has 5 heteroatoms. The molecule has 0 aliphatic carbocycles. The van der Waals surface area contributed by atoms with E-state index in [-0.39, 0.29) is 25.2 Å². The van der Waals surface area contributed by atoms with Crippen molar-refractivity contribution in [3.05, 3.63) is 42.0 Å². The number of hydrogen-bond donors (Lipinski definition) is 1. The molecule has 0 saturated carbocycles. The highest BCUT2D eigenvalue weighted by atomic mass is 16.6. The molecule has 0 fully saturated rings. The molecule has 1 aromatic carbocycles. The Balaban J connectivity index is 2.41. The molecule has 1 aromatic rings. The summed E-state index contributed by atoms with van der Waals surface area (Å²) in [6.45, 7) is 0.179. The Hall–Kier alpha value is -2.61. The summed E-state index contributed by atoms with van der Waals surface area (Å²) >= 11 is 0. The van der Waals surface area contributed by atoms with Gasteiger partial charge in [0.2, 0.25) is 0 Å². The summed E-state index contributed by atoms with van der Waals surface area (Å²) in [4.78, 5) is 15.6. The van der Waals surface area contributed by atoms with Gasteiger partial charge in [0.25, 0.3) is 0 Å². The van der Waals surface area contributed by atoms with Gasteiger partial charge in [-0.3, -0.25) is 0 Å². The van der Waals surface area contributed by atoms with Crippen molar-refractivity contribution in [2.45, 2.75) is 12.8 Å². The minimum atomic E-state index is -1.16. The Bertz CT molecular complexity index is 501. The average Bonchev–Trinajstić information content (AvgIpc) is 2.42. The molecule has 5 nitrogen and oxygen atoms in total. The predicted molar refractivity (Wildman–Crippen MR) is 71.3 cm³/mol. The number of rotatable bonds is 7. The third kappa shape index (κ3) is 6.03. The van der Waals surface area contributed by atoms with Gasteiger partial charge in [-0.05, 0) is 11.6 Å². The van der Waals surface area contributed by atoms with Crippen molar-refractivity contribution in [2.24, 2.45) is 5.16 Å². The SMILES string of the molecule is N#CCCC(=NOC/C=C/c1ccccc1)C(=O)O. The zero-order valence-electron chi connectivity index (χ0n) is 10.3. The Kier molecular flexibility index (Phi) is 6.45. The van der Waals surface area contributed by atoms with E-state index in [1.54, 1.807) is 6.08 Å². The first-order valence-corrected chi connectivity index (χ1v) is 5.74. The summed E-state index contributed by atoms with van der Waals surface area (Å²) < 4.78 is 0. The maximum atomic E-state index is 10.8. The fraction of sp³-hybridized carbons (Fsp3) is 0.214. The van der Waals surface area contributed by atoms with Crippen LogP contribution in [-0.2, 0) is 9.63 Å². The van der Waals surface area contributed by atoms with Gasteiger partial charge in [-0.25, -0.2) is 4.79 Å². The van der Waals surface area contributed by atoms with Crippen LogP contribution in [0.5, 0.6) is 0 Å². The molecule has 0 atom stereocenters. The molecule has 0 aliphatic rings. The number of oxime groups is 1. The molecule has 0 spiro atoms. The van der Waals surface area contributed by atoms with Crippen LogP contribution in [0.15, 0.2) is 41.6 Å². The van der Waals surface area contributed by atoms with Crippen LogP contribution in [0.3, 0.4) is 0 Å². The van der Waals surface area contributed by atoms with E-state index in [4.69, 9.17) is 15.2 Å². The second-order valence-electron chi connectivity index (χ2n) is 3.61. The second kappa shape index (κ2) is 8.48. The Morgan fingerprint density at radius 2 is 2.16 bits per heavy atom. The number of benzene rings is 1. The first kappa shape index (κ1) is 14.5. The van der Waals surface area contributed by atoms with Crippen LogP contribution in [0.2, 0.25) is 0 Å². The van der Waals surface area contributed by atoms with E-state index in [2.05, 4.69) is 5.16 Å². The van der Waals surface area contributed by atoms with Gasteiger partial charge < -0.3 is 9.94 Å². The maximum Gasteiger partial charge on any atom is 0.353 e. The van der Waals surface area contributed by atoms with Gasteiger partial charge in [-0.1, -0.05) is 41.6 Å². The largest absolute Gasteiger partial charge is 0.477 e. The Morgan fingerprint density at radius 3 is 2.79 bits per heavy atom. The van der Waals surface area contributed by atoms with Crippen molar-refractivity contribution in [3.63, 3.8) is 0 Å². The molecule has 0 heterocycles. The number of carboxylic acid groups (broad SMARTS) is 1. The van der Waals surface area contributed by atoms with Gasteiger partial charge in [0.1, 0.15) is 6.61 Å². The van der Waals surface area contributed by atoms with Crippen LogP contribution in [0.25, 0.3) is 6.08 Å². The number of nitrogens with zero attached hydrogens (tertiary/aromatic N) is 2. The second-order valence-corrected chi connectivity index (χ2v) is 3.61. The highest BCUT2D eigenvalue weighted by molar-refractivity contribution is 6.35. The smallest absolute Gasteiger partial charge is 0.353 e. The number of aliphatic carboxylic acids is 1. The lowest BCUT2D eigenvalue weighted by atomic mass is 10.2. The topological polar surface area (TPSA) is 82.7 Å². The number of carbonyl (C=O) groups is 1. The van der Waals surface area contributed by atoms with Gasteiger partial charge in [0.15, 0.2) is 5.71 Å². The highest BCUT2D eigenvalue weighted by Crippen LogP contribution is 2.01. The van der Waals surface area contributed by atoms with Gasteiger partial charge in [0.05, 0.1) is 6.07 Å². The number of carboxylic acids is 1. The first-order chi connectivity index (χ1) is 9.24. The summed E-state index contributed by atoms with van der Waals surface area (Å²) in [5, 5.41) is 20.7. The Labute approximate surface area is 111 Å². The normalized spacial score (nSPS) is 11.2. The summed E-state index contributed by atoms with van der Waals surface area (Å²) in [6.07, 6.45) is 3.77. The zero-order valence-corrected chi connectivity index (χ0v) is 10.3. The van der Waals surface area contributed by atoms with E-state index in [1.807, 2.05) is 42.5 Å². The fourth-order valence-corrected chi connectivity index (χ4v) is 1.27. The molecule has 0 unspecified atom stereocenters. The van der Waals surface area contributed by atoms with Crippen LogP contribution < -0.4 is 0 Å². The van der Waals surface area contributed by atoms with Gasteiger partial charge in [-0.2, -0.15) is 5.26 Å². The van der Waals surface area contributed by atoms with Crippen LogP contribution in [0.1, 0.15) is 18.4 Å². The zero-order chi connectivity index (χ0) is 13.9. The van der Waals surface area contributed by atoms with Crippen molar-refractivity contribution in [3.8, 4) is 6.07 Å². The van der Waals surface area contributed by atoms with E-state index in [0.717, 1.165) is 5.56 Å². The lowest BCUT2D eigenvalue weighted by Gasteiger charge is -1.98. The quantitative estimate of drug-likeness (QED) is 0.462. The standard InChI is InChI=1S/C14H14N2O3/c15-10-4-9-13(14(17)18)16-19-11-5-8-12-6-2-1-3-7-12/h1-3,5-8H,4,9,11H2,(H,17,18)/b8-5+,16-13?. The summed E-state index contributed by atoms with van der Waals surface area (Å²) in [5.74, 6) is -1.16. The van der Waals surface area contributed by atoms with Crippen molar-refractivity contribution in [1.29, 1.82) is 5.26 Å². The molecule has 98 valence electrons. The number of nitriles is 1. The summed E-state index contributed by atoms with van der Waals surface area (Å²) in [5.41, 5.74) is 0.882. The number of hydrogen-bond acceptors (Lipinski definition) is 4.